The first-order chi connectivity index (χ1) is 12.8. The van der Waals surface area contributed by atoms with Gasteiger partial charge in [0.1, 0.15) is 5.75 Å². The van der Waals surface area contributed by atoms with Crippen molar-refractivity contribution in [3.8, 4) is 11.8 Å². The van der Waals surface area contributed by atoms with E-state index in [0.717, 1.165) is 16.4 Å². The fourth-order valence-corrected chi connectivity index (χ4v) is 4.72. The average molecular weight is 418 g/mol. The summed E-state index contributed by atoms with van der Waals surface area (Å²) in [5, 5.41) is 8.86. The number of halogens is 3. The van der Waals surface area contributed by atoms with Crippen LogP contribution in [-0.4, -0.2) is 37.0 Å². The van der Waals surface area contributed by atoms with E-state index in [9.17, 15) is 26.4 Å². The topological polar surface area (TPSA) is 87.5 Å². The highest BCUT2D eigenvalue weighted by molar-refractivity contribution is 7.89. The van der Waals surface area contributed by atoms with E-state index in [-0.39, 0.29) is 18.0 Å². The lowest BCUT2D eigenvalue weighted by Gasteiger charge is -2.24. The molecule has 1 aliphatic heterocycles. The summed E-state index contributed by atoms with van der Waals surface area (Å²) in [7, 11) is -3.83. The highest BCUT2D eigenvalue weighted by atomic mass is 32.2. The van der Waals surface area contributed by atoms with Crippen molar-refractivity contribution >= 4 is 15.9 Å². The van der Waals surface area contributed by atoms with Gasteiger partial charge < -0.3 is 4.74 Å². The molecule has 0 spiro atoms. The molecule has 0 N–H and O–H groups in total. The Morgan fingerprint density at radius 3 is 2.54 bits per heavy atom. The molecule has 1 aromatic carbocycles. The van der Waals surface area contributed by atoms with Gasteiger partial charge in [0.25, 0.3) is 5.91 Å². The van der Waals surface area contributed by atoms with Crippen molar-refractivity contribution in [2.75, 3.05) is 12.3 Å². The van der Waals surface area contributed by atoms with Crippen molar-refractivity contribution in [3.63, 3.8) is 0 Å². The van der Waals surface area contributed by atoms with Crippen LogP contribution in [0, 0.1) is 16.7 Å². The zero-order valence-electron chi connectivity index (χ0n) is 15.7. The fourth-order valence-electron chi connectivity index (χ4n) is 2.94. The highest BCUT2D eigenvalue weighted by Gasteiger charge is 2.52. The Morgan fingerprint density at radius 1 is 1.36 bits per heavy atom. The number of rotatable bonds is 6. The van der Waals surface area contributed by atoms with Crippen molar-refractivity contribution in [2.24, 2.45) is 5.41 Å². The summed E-state index contributed by atoms with van der Waals surface area (Å²) < 4.78 is 70.5. The van der Waals surface area contributed by atoms with Gasteiger partial charge >= 0.3 is 6.18 Å². The molecule has 0 saturated carbocycles. The van der Waals surface area contributed by atoms with Gasteiger partial charge in [0.2, 0.25) is 10.0 Å². The van der Waals surface area contributed by atoms with E-state index in [2.05, 4.69) is 0 Å². The van der Waals surface area contributed by atoms with Crippen molar-refractivity contribution in [2.45, 2.75) is 45.9 Å². The molecular formula is C18H21F3N2O4S. The Labute approximate surface area is 161 Å². The van der Waals surface area contributed by atoms with E-state index in [0.29, 0.717) is 18.9 Å². The summed E-state index contributed by atoms with van der Waals surface area (Å²) in [4.78, 5) is 12.7. The molecule has 0 radical (unpaired) electrons. The van der Waals surface area contributed by atoms with E-state index in [1.807, 2.05) is 6.92 Å². The molecule has 0 bridgehead atoms. The lowest BCUT2D eigenvalue weighted by molar-refractivity contribution is -0.137. The third-order valence-electron chi connectivity index (χ3n) is 4.49. The maximum absolute atomic E-state index is 13.1. The van der Waals surface area contributed by atoms with Gasteiger partial charge in [-0.15, -0.1) is 0 Å². The molecule has 1 aliphatic rings. The van der Waals surface area contributed by atoms with Crippen LogP contribution in [0.2, 0.25) is 0 Å². The molecule has 1 unspecified atom stereocenters. The van der Waals surface area contributed by atoms with Gasteiger partial charge in [-0.3, -0.25) is 4.79 Å². The van der Waals surface area contributed by atoms with E-state index in [4.69, 9.17) is 10.00 Å². The monoisotopic (exact) mass is 418 g/mol. The maximum atomic E-state index is 13.1. The predicted molar refractivity (Wildman–Crippen MR) is 94.8 cm³/mol. The normalized spacial score (nSPS) is 19.5. The minimum Gasteiger partial charge on any atom is -0.480 e. The van der Waals surface area contributed by atoms with Crippen LogP contribution in [0.5, 0.6) is 5.75 Å². The predicted octanol–water partition coefficient (Wildman–Crippen LogP) is 3.32. The van der Waals surface area contributed by atoms with Crippen LogP contribution in [0.1, 0.15) is 44.7 Å². The van der Waals surface area contributed by atoms with E-state index >= 15 is 0 Å². The molecule has 0 aliphatic carbocycles. The smallest absolute Gasteiger partial charge is 0.417 e. The van der Waals surface area contributed by atoms with Gasteiger partial charge in [-0.2, -0.15) is 18.4 Å². The number of sulfonamides is 1. The summed E-state index contributed by atoms with van der Waals surface area (Å²) in [6, 6.07) is 4.23. The number of hydrogen-bond donors (Lipinski definition) is 0. The molecule has 154 valence electrons. The first-order valence-electron chi connectivity index (χ1n) is 8.65. The van der Waals surface area contributed by atoms with Crippen LogP contribution in [0.15, 0.2) is 18.2 Å². The quantitative estimate of drug-likeness (QED) is 0.707. The second-order valence-corrected chi connectivity index (χ2v) is 9.33. The van der Waals surface area contributed by atoms with Crippen LogP contribution in [-0.2, 0) is 21.0 Å². The molecule has 1 fully saturated rings. The van der Waals surface area contributed by atoms with Crippen LogP contribution in [0.25, 0.3) is 0 Å². The summed E-state index contributed by atoms with van der Waals surface area (Å²) in [6.07, 6.45) is -5.01. The third kappa shape index (κ3) is 4.41. The second-order valence-electron chi connectivity index (χ2n) is 7.32. The lowest BCUT2D eigenvalue weighted by atomic mass is 9.89. The van der Waals surface area contributed by atoms with Gasteiger partial charge in [-0.05, 0) is 24.6 Å². The summed E-state index contributed by atoms with van der Waals surface area (Å²) >= 11 is 0. The van der Waals surface area contributed by atoms with Gasteiger partial charge in [0, 0.05) is 12.0 Å². The second kappa shape index (κ2) is 7.62. The SMILES string of the molecule is CCCCS(=O)(=O)N1CC(C)(C)C(Oc2ccc(C#N)c(C(F)(F)F)c2)C1=O. The fraction of sp³-hybridized carbons (Fsp3) is 0.556. The molecule has 1 aromatic rings. The minimum absolute atomic E-state index is 0.120. The zero-order valence-corrected chi connectivity index (χ0v) is 16.5. The van der Waals surface area contributed by atoms with Gasteiger partial charge in [-0.1, -0.05) is 27.2 Å². The van der Waals surface area contributed by atoms with Gasteiger partial charge in [0.15, 0.2) is 6.10 Å². The third-order valence-corrected chi connectivity index (χ3v) is 6.28. The minimum atomic E-state index is -4.77. The number of amides is 1. The number of ether oxygens (including phenoxy) is 1. The molecule has 2 rings (SSSR count). The standard InChI is InChI=1S/C18H21F3N2O4S/c1-4-5-8-28(25,26)23-11-17(2,3)15(16(23)24)27-13-7-6-12(10-22)14(9-13)18(19,20)21/h6-7,9,15H,4-5,8,11H2,1-3H3. The molecular weight excluding hydrogens is 397 g/mol. The van der Waals surface area contributed by atoms with Crippen LogP contribution in [0.3, 0.4) is 0 Å². The molecule has 1 heterocycles. The number of carbonyl (C=O) groups is 1. The Bertz CT molecular complexity index is 904. The van der Waals surface area contributed by atoms with E-state index < -0.39 is 44.8 Å². The van der Waals surface area contributed by atoms with Crippen LogP contribution >= 0.6 is 0 Å². The Kier molecular flexibility index (Phi) is 5.99. The molecule has 6 nitrogen and oxygen atoms in total. The molecule has 1 amide bonds. The number of benzene rings is 1. The van der Waals surface area contributed by atoms with Crippen LogP contribution < -0.4 is 4.74 Å². The molecule has 0 aromatic heterocycles. The first kappa shape index (κ1) is 22.0. The van der Waals surface area contributed by atoms with Crippen molar-refractivity contribution in [3.05, 3.63) is 29.3 Å². The average Bonchev–Trinajstić information content (AvgIpc) is 2.83. The Hall–Kier alpha value is -2.28. The van der Waals surface area contributed by atoms with Crippen molar-refractivity contribution < 1.29 is 31.1 Å². The van der Waals surface area contributed by atoms with Crippen molar-refractivity contribution in [1.82, 2.24) is 4.31 Å². The lowest BCUT2D eigenvalue weighted by Crippen LogP contribution is -2.39. The molecule has 1 saturated heterocycles. The number of carbonyl (C=O) groups excluding carboxylic acids is 1. The Morgan fingerprint density at radius 2 is 2.00 bits per heavy atom. The number of hydrogen-bond acceptors (Lipinski definition) is 5. The molecule has 10 heteroatoms. The van der Waals surface area contributed by atoms with Crippen LogP contribution in [0.4, 0.5) is 13.2 Å². The summed E-state index contributed by atoms with van der Waals surface area (Å²) in [5.41, 5.74) is -2.69. The number of unbranched alkanes of at least 4 members (excludes halogenated alkanes) is 1. The number of alkyl halides is 3. The molecule has 1 atom stereocenters. The Balaban J connectivity index is 2.34. The number of nitriles is 1. The summed E-state index contributed by atoms with van der Waals surface area (Å²) in [6.45, 7) is 4.92. The number of nitrogens with zero attached hydrogens (tertiary/aromatic N) is 2. The molecule has 28 heavy (non-hydrogen) atoms. The summed E-state index contributed by atoms with van der Waals surface area (Å²) in [5.74, 6) is -1.25. The van der Waals surface area contributed by atoms with Crippen molar-refractivity contribution in [1.29, 1.82) is 5.26 Å². The highest BCUT2D eigenvalue weighted by Crippen LogP contribution is 2.38. The maximum Gasteiger partial charge on any atom is 0.417 e. The van der Waals surface area contributed by atoms with E-state index in [1.165, 1.54) is 6.07 Å². The first-order valence-corrected chi connectivity index (χ1v) is 10.3. The van der Waals surface area contributed by atoms with Gasteiger partial charge in [-0.25, -0.2) is 12.7 Å². The largest absolute Gasteiger partial charge is 0.480 e. The van der Waals surface area contributed by atoms with E-state index in [1.54, 1.807) is 13.8 Å². The zero-order chi connectivity index (χ0) is 21.3. The van der Waals surface area contributed by atoms with Gasteiger partial charge in [0.05, 0.1) is 22.9 Å².